The van der Waals surface area contributed by atoms with E-state index < -0.39 is 5.92 Å². The van der Waals surface area contributed by atoms with Crippen LogP contribution in [0, 0.1) is 12.8 Å². The van der Waals surface area contributed by atoms with Crippen molar-refractivity contribution in [2.45, 2.75) is 31.6 Å². The molecule has 1 aliphatic rings. The van der Waals surface area contributed by atoms with Gasteiger partial charge in [0.1, 0.15) is 0 Å². The molecule has 9 heavy (non-hydrogen) atoms. The van der Waals surface area contributed by atoms with Crippen molar-refractivity contribution >= 4 is 0 Å². The van der Waals surface area contributed by atoms with Crippen LogP contribution in [0.15, 0.2) is 0 Å². The van der Waals surface area contributed by atoms with Crippen LogP contribution in [-0.4, -0.2) is 5.92 Å². The van der Waals surface area contributed by atoms with Crippen molar-refractivity contribution in [3.63, 3.8) is 0 Å². The van der Waals surface area contributed by atoms with Crippen molar-refractivity contribution in [1.29, 1.82) is 0 Å². The Labute approximate surface area is 54.3 Å². The summed E-state index contributed by atoms with van der Waals surface area (Å²) in [5.41, 5.74) is 0. The summed E-state index contributed by atoms with van der Waals surface area (Å²) >= 11 is 0. The van der Waals surface area contributed by atoms with Crippen LogP contribution in [0.2, 0.25) is 0 Å². The molecule has 0 aromatic carbocycles. The lowest BCUT2D eigenvalue weighted by atomic mass is 9.88. The summed E-state index contributed by atoms with van der Waals surface area (Å²) in [5.74, 6) is -2.43. The van der Waals surface area contributed by atoms with Gasteiger partial charge in [-0.1, -0.05) is 6.42 Å². The number of halogens is 2. The van der Waals surface area contributed by atoms with Gasteiger partial charge < -0.3 is 0 Å². The lowest BCUT2D eigenvalue weighted by Gasteiger charge is -2.25. The van der Waals surface area contributed by atoms with E-state index in [4.69, 9.17) is 0 Å². The van der Waals surface area contributed by atoms with E-state index in [1.165, 1.54) is 0 Å². The highest BCUT2D eigenvalue weighted by molar-refractivity contribution is 4.79. The van der Waals surface area contributed by atoms with Gasteiger partial charge in [-0.15, -0.1) is 0 Å². The predicted octanol–water partition coefficient (Wildman–Crippen LogP) is 2.65. The molecule has 0 N–H and O–H groups in total. The molecule has 53 valence electrons. The fourth-order valence-electron chi connectivity index (χ4n) is 1.28. The van der Waals surface area contributed by atoms with Gasteiger partial charge in [0.25, 0.3) is 0 Å². The van der Waals surface area contributed by atoms with E-state index in [1.54, 1.807) is 0 Å². The Balaban J connectivity index is 2.41. The van der Waals surface area contributed by atoms with E-state index in [2.05, 4.69) is 6.92 Å². The first-order valence-corrected chi connectivity index (χ1v) is 3.31. The Morgan fingerprint density at radius 1 is 1.44 bits per heavy atom. The summed E-state index contributed by atoms with van der Waals surface area (Å²) in [6.07, 6.45) is 1.57. The van der Waals surface area contributed by atoms with Crippen LogP contribution in [0.25, 0.3) is 0 Å². The summed E-state index contributed by atoms with van der Waals surface area (Å²) in [5, 5.41) is 0. The number of hydrogen-bond acceptors (Lipinski definition) is 0. The quantitative estimate of drug-likeness (QED) is 0.476. The van der Waals surface area contributed by atoms with Crippen LogP contribution in [-0.2, 0) is 0 Å². The van der Waals surface area contributed by atoms with Gasteiger partial charge in [-0.25, -0.2) is 8.78 Å². The van der Waals surface area contributed by atoms with Crippen molar-refractivity contribution in [2.24, 2.45) is 5.92 Å². The molecule has 1 radical (unpaired) electrons. The van der Waals surface area contributed by atoms with E-state index in [0.29, 0.717) is 6.42 Å². The van der Waals surface area contributed by atoms with Crippen LogP contribution in [0.1, 0.15) is 25.7 Å². The van der Waals surface area contributed by atoms with Crippen molar-refractivity contribution in [3.8, 4) is 0 Å². The first-order chi connectivity index (χ1) is 4.10. The number of rotatable bonds is 0. The second-order valence-electron chi connectivity index (χ2n) is 2.82. The molecule has 1 saturated carbocycles. The average molecular weight is 133 g/mol. The number of hydrogen-bond donors (Lipinski definition) is 0. The predicted molar refractivity (Wildman–Crippen MR) is 32.3 cm³/mol. The van der Waals surface area contributed by atoms with Gasteiger partial charge in [-0.3, -0.25) is 0 Å². The zero-order valence-electron chi connectivity index (χ0n) is 5.37. The minimum atomic E-state index is -2.41. The average Bonchev–Trinajstić information content (AvgIpc) is 1.60. The molecule has 0 aromatic heterocycles. The van der Waals surface area contributed by atoms with Crippen molar-refractivity contribution in [1.82, 2.24) is 0 Å². The molecule has 2 heteroatoms. The third kappa shape index (κ3) is 1.92. The molecule has 1 rings (SSSR count). The fraction of sp³-hybridized carbons (Fsp3) is 0.857. The Kier molecular flexibility index (Phi) is 1.73. The van der Waals surface area contributed by atoms with Crippen LogP contribution in [0.4, 0.5) is 8.78 Å². The monoisotopic (exact) mass is 133 g/mol. The van der Waals surface area contributed by atoms with Gasteiger partial charge >= 0.3 is 0 Å². The molecule has 0 aromatic rings. The van der Waals surface area contributed by atoms with Gasteiger partial charge in [-0.2, -0.15) is 0 Å². The Bertz CT molecular complexity index is 99.1. The molecule has 1 aliphatic carbocycles. The van der Waals surface area contributed by atoms with Gasteiger partial charge in [0.2, 0.25) is 5.92 Å². The third-order valence-electron chi connectivity index (χ3n) is 1.74. The molecule has 0 nitrogen and oxygen atoms in total. The summed E-state index contributed by atoms with van der Waals surface area (Å²) in [6, 6.07) is 0. The summed E-state index contributed by atoms with van der Waals surface area (Å²) in [4.78, 5) is 0. The highest BCUT2D eigenvalue weighted by Crippen LogP contribution is 2.35. The summed E-state index contributed by atoms with van der Waals surface area (Å²) in [7, 11) is 0. The molecule has 0 amide bonds. The molecule has 1 fully saturated rings. The van der Waals surface area contributed by atoms with E-state index >= 15 is 0 Å². The molecule has 0 saturated heterocycles. The second-order valence-corrected chi connectivity index (χ2v) is 2.82. The zero-order valence-corrected chi connectivity index (χ0v) is 5.37. The standard InChI is InChI=1S/C7H11F2/c1-6-3-2-4-7(8,9)5-6/h6H,1-5H2. The van der Waals surface area contributed by atoms with Crippen LogP contribution in [0.3, 0.4) is 0 Å². The Hall–Kier alpha value is -0.140. The highest BCUT2D eigenvalue weighted by atomic mass is 19.3. The molecule has 0 bridgehead atoms. The Morgan fingerprint density at radius 2 is 2.11 bits per heavy atom. The maximum atomic E-state index is 12.4. The lowest BCUT2D eigenvalue weighted by molar-refractivity contribution is -0.0457. The highest BCUT2D eigenvalue weighted by Gasteiger charge is 2.33. The first kappa shape index (κ1) is 6.97. The largest absolute Gasteiger partial charge is 0.248 e. The maximum Gasteiger partial charge on any atom is 0.248 e. The summed E-state index contributed by atoms with van der Waals surface area (Å²) in [6.45, 7) is 3.61. The van der Waals surface area contributed by atoms with E-state index in [0.717, 1.165) is 6.42 Å². The van der Waals surface area contributed by atoms with Gasteiger partial charge in [-0.05, 0) is 19.3 Å². The molecule has 0 aliphatic heterocycles. The molecule has 0 heterocycles. The smallest absolute Gasteiger partial charge is 0.207 e. The Morgan fingerprint density at radius 3 is 2.44 bits per heavy atom. The molecular formula is C7H11F2. The zero-order chi connectivity index (χ0) is 6.91. The van der Waals surface area contributed by atoms with Crippen molar-refractivity contribution < 1.29 is 8.78 Å². The van der Waals surface area contributed by atoms with Crippen LogP contribution in [0.5, 0.6) is 0 Å². The lowest BCUT2D eigenvalue weighted by Crippen LogP contribution is -2.24. The molecule has 1 atom stereocenters. The van der Waals surface area contributed by atoms with Gasteiger partial charge in [0.15, 0.2) is 0 Å². The third-order valence-corrected chi connectivity index (χ3v) is 1.74. The van der Waals surface area contributed by atoms with Crippen LogP contribution >= 0.6 is 0 Å². The SMILES string of the molecule is [CH2]C1CCCC(F)(F)C1. The topological polar surface area (TPSA) is 0 Å². The minimum Gasteiger partial charge on any atom is -0.207 e. The second kappa shape index (κ2) is 2.24. The number of alkyl halides is 2. The summed E-state index contributed by atoms with van der Waals surface area (Å²) < 4.78 is 24.8. The molecule has 0 spiro atoms. The first-order valence-electron chi connectivity index (χ1n) is 3.31. The van der Waals surface area contributed by atoms with E-state index in [9.17, 15) is 8.78 Å². The maximum absolute atomic E-state index is 12.4. The van der Waals surface area contributed by atoms with Gasteiger partial charge in [0, 0.05) is 12.8 Å². The molecular weight excluding hydrogens is 122 g/mol. The van der Waals surface area contributed by atoms with Gasteiger partial charge in [0.05, 0.1) is 0 Å². The normalized spacial score (nSPS) is 34.3. The minimum absolute atomic E-state index is 0.00694. The van der Waals surface area contributed by atoms with E-state index in [-0.39, 0.29) is 18.8 Å². The molecule has 1 unspecified atom stereocenters. The fourth-order valence-corrected chi connectivity index (χ4v) is 1.28. The van der Waals surface area contributed by atoms with Crippen molar-refractivity contribution in [2.75, 3.05) is 0 Å². The van der Waals surface area contributed by atoms with E-state index in [1.807, 2.05) is 0 Å². The van der Waals surface area contributed by atoms with Crippen molar-refractivity contribution in [3.05, 3.63) is 6.92 Å². The van der Waals surface area contributed by atoms with Crippen LogP contribution < -0.4 is 0 Å².